The summed E-state index contributed by atoms with van der Waals surface area (Å²) in [6.07, 6.45) is 4.81. The van der Waals surface area contributed by atoms with Crippen LogP contribution >= 0.6 is 0 Å². The smallest absolute Gasteiger partial charge is 0.234 e. The number of fused-ring (bicyclic) bond motifs is 4. The minimum Gasteiger partial charge on any atom is -0.371 e. The molecule has 3 aromatic rings. The molecule has 1 aliphatic carbocycles. The van der Waals surface area contributed by atoms with Crippen LogP contribution in [0.3, 0.4) is 0 Å². The molecule has 2 aliphatic heterocycles. The summed E-state index contributed by atoms with van der Waals surface area (Å²) >= 11 is 0. The fourth-order valence-corrected chi connectivity index (χ4v) is 6.78. The van der Waals surface area contributed by atoms with Crippen molar-refractivity contribution < 1.29 is 9.59 Å². The lowest BCUT2D eigenvalue weighted by Gasteiger charge is -2.42. The normalized spacial score (nSPS) is 20.2. The van der Waals surface area contributed by atoms with Crippen LogP contribution in [0.5, 0.6) is 0 Å². The zero-order valence-corrected chi connectivity index (χ0v) is 22.9. The molecule has 1 aromatic heterocycles. The number of hydrogen-bond donors (Lipinski definition) is 2. The van der Waals surface area contributed by atoms with Crippen molar-refractivity contribution in [3.63, 3.8) is 0 Å². The van der Waals surface area contributed by atoms with E-state index in [1.807, 2.05) is 18.3 Å². The lowest BCUT2D eigenvalue weighted by atomic mass is 9.70. The standard InChI is InChI=1S/C31H37N5O2/c1-5-20-15-23-24(16-26(20)35-11-8-21(9-12-35)36-13-10-33-27(37)18-36)31(2,3)30-28(29(23)38)22-7-6-19(17-32-4)14-25(22)34-30/h6-7,14-17,21,34H,5,8-13,18H2,1-4H3,(H,33,37)/b32-17-. The number of aliphatic imine (C=N–C) groups is 1. The van der Waals surface area contributed by atoms with Gasteiger partial charge in [0, 0.05) is 78.7 Å². The number of aryl methyl sites for hydroxylation is 1. The van der Waals surface area contributed by atoms with Gasteiger partial charge in [0.25, 0.3) is 0 Å². The van der Waals surface area contributed by atoms with Gasteiger partial charge in [0.2, 0.25) is 5.91 Å². The largest absolute Gasteiger partial charge is 0.371 e. The third kappa shape index (κ3) is 3.95. The minimum absolute atomic E-state index is 0.112. The van der Waals surface area contributed by atoms with Crippen LogP contribution in [0.1, 0.15) is 71.9 Å². The number of carbonyl (C=O) groups is 2. The van der Waals surface area contributed by atoms with Gasteiger partial charge in [0.05, 0.1) is 12.1 Å². The van der Waals surface area contributed by atoms with Crippen LogP contribution in [-0.4, -0.2) is 73.6 Å². The average molecular weight is 512 g/mol. The van der Waals surface area contributed by atoms with Crippen molar-refractivity contribution in [2.24, 2.45) is 4.99 Å². The van der Waals surface area contributed by atoms with E-state index in [0.29, 0.717) is 12.6 Å². The monoisotopic (exact) mass is 511 g/mol. The summed E-state index contributed by atoms with van der Waals surface area (Å²) in [5, 5.41) is 3.92. The van der Waals surface area contributed by atoms with Gasteiger partial charge in [-0.1, -0.05) is 32.9 Å². The number of anilines is 1. The molecule has 2 fully saturated rings. The van der Waals surface area contributed by atoms with Crippen LogP contribution in [0.4, 0.5) is 5.69 Å². The first-order chi connectivity index (χ1) is 18.3. The van der Waals surface area contributed by atoms with Gasteiger partial charge < -0.3 is 15.2 Å². The Morgan fingerprint density at radius 1 is 1.11 bits per heavy atom. The predicted octanol–water partition coefficient (Wildman–Crippen LogP) is 4.05. The predicted molar refractivity (Wildman–Crippen MR) is 153 cm³/mol. The van der Waals surface area contributed by atoms with E-state index in [1.165, 1.54) is 11.3 Å². The summed E-state index contributed by atoms with van der Waals surface area (Å²) < 4.78 is 0. The SMILES string of the molecule is CCc1cc2c(cc1N1CCC(N3CCNC(=O)C3)CC1)C(C)(C)c1[nH]c3cc(/C=N\C)ccc3c1C2=O. The van der Waals surface area contributed by atoms with E-state index in [2.05, 4.69) is 64.1 Å². The number of ketones is 1. The molecule has 0 radical (unpaired) electrons. The third-order valence-corrected chi connectivity index (χ3v) is 8.86. The van der Waals surface area contributed by atoms with Gasteiger partial charge in [0.15, 0.2) is 5.78 Å². The van der Waals surface area contributed by atoms with Gasteiger partial charge in [-0.25, -0.2) is 0 Å². The van der Waals surface area contributed by atoms with Gasteiger partial charge in [0.1, 0.15) is 0 Å². The van der Waals surface area contributed by atoms with Gasteiger partial charge in [-0.3, -0.25) is 19.5 Å². The molecule has 7 heteroatoms. The third-order valence-electron chi connectivity index (χ3n) is 8.86. The van der Waals surface area contributed by atoms with Crippen molar-refractivity contribution in [3.05, 3.63) is 63.8 Å². The molecule has 3 aliphatic rings. The molecule has 0 atom stereocenters. The quantitative estimate of drug-likeness (QED) is 0.518. The van der Waals surface area contributed by atoms with Crippen LogP contribution in [0, 0.1) is 0 Å². The van der Waals surface area contributed by atoms with Crippen LogP contribution in [0.15, 0.2) is 35.3 Å². The van der Waals surface area contributed by atoms with E-state index in [4.69, 9.17) is 0 Å². The number of amides is 1. The van der Waals surface area contributed by atoms with Gasteiger partial charge >= 0.3 is 0 Å². The second-order valence-electron chi connectivity index (χ2n) is 11.4. The number of nitrogens with zero attached hydrogens (tertiary/aromatic N) is 3. The maximum absolute atomic E-state index is 14.0. The van der Waals surface area contributed by atoms with E-state index in [-0.39, 0.29) is 17.1 Å². The first-order valence-corrected chi connectivity index (χ1v) is 13.9. The zero-order chi connectivity index (χ0) is 26.6. The molecule has 2 aromatic carbocycles. The molecule has 6 rings (SSSR count). The van der Waals surface area contributed by atoms with E-state index in [1.54, 1.807) is 7.05 Å². The van der Waals surface area contributed by atoms with Crippen LogP contribution in [0.2, 0.25) is 0 Å². The summed E-state index contributed by atoms with van der Waals surface area (Å²) in [4.78, 5) is 38.5. The van der Waals surface area contributed by atoms with Gasteiger partial charge in [-0.15, -0.1) is 0 Å². The molecule has 2 N–H and O–H groups in total. The van der Waals surface area contributed by atoms with Gasteiger partial charge in [-0.2, -0.15) is 0 Å². The highest BCUT2D eigenvalue weighted by Crippen LogP contribution is 2.46. The van der Waals surface area contributed by atoms with E-state index in [0.717, 1.165) is 84.3 Å². The number of rotatable bonds is 4. The molecule has 198 valence electrons. The molecule has 0 unspecified atom stereocenters. The Morgan fingerprint density at radius 3 is 2.61 bits per heavy atom. The first kappa shape index (κ1) is 24.9. The Morgan fingerprint density at radius 2 is 1.89 bits per heavy atom. The summed E-state index contributed by atoms with van der Waals surface area (Å²) in [5.41, 5.74) is 7.87. The summed E-state index contributed by atoms with van der Waals surface area (Å²) in [7, 11) is 1.77. The topological polar surface area (TPSA) is 80.8 Å². The van der Waals surface area contributed by atoms with E-state index >= 15 is 0 Å². The van der Waals surface area contributed by atoms with Crippen molar-refractivity contribution >= 4 is 34.5 Å². The number of nitrogens with one attached hydrogen (secondary N) is 2. The number of aromatic amines is 1. The number of piperazine rings is 1. The molecule has 3 heterocycles. The molecule has 2 saturated heterocycles. The lowest BCUT2D eigenvalue weighted by Crippen LogP contribution is -2.54. The highest BCUT2D eigenvalue weighted by Gasteiger charge is 2.41. The molecule has 0 saturated carbocycles. The van der Waals surface area contributed by atoms with Crippen molar-refractivity contribution in [3.8, 4) is 0 Å². The Bertz CT molecular complexity index is 1460. The highest BCUT2D eigenvalue weighted by atomic mass is 16.2. The first-order valence-electron chi connectivity index (χ1n) is 13.9. The summed E-state index contributed by atoms with van der Waals surface area (Å²) in [6, 6.07) is 11.1. The Hall–Kier alpha value is -3.45. The average Bonchev–Trinajstić information content (AvgIpc) is 3.32. The van der Waals surface area contributed by atoms with E-state index < -0.39 is 0 Å². The molecular weight excluding hydrogens is 474 g/mol. The molecule has 0 spiro atoms. The van der Waals surface area contributed by atoms with Crippen LogP contribution < -0.4 is 10.2 Å². The number of piperidine rings is 1. The van der Waals surface area contributed by atoms with Crippen molar-refractivity contribution in [2.45, 2.75) is 51.5 Å². The number of carbonyl (C=O) groups excluding carboxylic acids is 2. The zero-order valence-electron chi connectivity index (χ0n) is 22.9. The van der Waals surface area contributed by atoms with Crippen LogP contribution in [-0.2, 0) is 16.6 Å². The van der Waals surface area contributed by atoms with Gasteiger partial charge in [-0.05, 0) is 54.2 Å². The highest BCUT2D eigenvalue weighted by molar-refractivity contribution is 6.20. The minimum atomic E-state index is -0.336. The Labute approximate surface area is 224 Å². The molecule has 1 amide bonds. The molecule has 38 heavy (non-hydrogen) atoms. The molecule has 0 bridgehead atoms. The van der Waals surface area contributed by atoms with Crippen molar-refractivity contribution in [1.29, 1.82) is 0 Å². The Balaban J connectivity index is 1.35. The number of benzene rings is 2. The van der Waals surface area contributed by atoms with Crippen molar-refractivity contribution in [1.82, 2.24) is 15.2 Å². The Kier molecular flexibility index (Phi) is 6.14. The summed E-state index contributed by atoms with van der Waals surface area (Å²) in [5.74, 6) is 0.250. The fourth-order valence-electron chi connectivity index (χ4n) is 6.78. The molecular formula is C31H37N5O2. The maximum atomic E-state index is 14.0. The fraction of sp³-hybridized carbons (Fsp3) is 0.452. The number of hydrogen-bond acceptors (Lipinski definition) is 5. The molecule has 7 nitrogen and oxygen atoms in total. The number of H-pyrrole nitrogens is 1. The maximum Gasteiger partial charge on any atom is 0.234 e. The van der Waals surface area contributed by atoms with Crippen LogP contribution in [0.25, 0.3) is 10.9 Å². The summed E-state index contributed by atoms with van der Waals surface area (Å²) in [6.45, 7) is 10.7. The lowest BCUT2D eigenvalue weighted by molar-refractivity contribution is -0.125. The number of aromatic nitrogens is 1. The van der Waals surface area contributed by atoms with Crippen molar-refractivity contribution in [2.75, 3.05) is 44.7 Å². The second kappa shape index (κ2) is 9.38. The second-order valence-corrected chi connectivity index (χ2v) is 11.4. The van der Waals surface area contributed by atoms with E-state index in [9.17, 15) is 9.59 Å².